The minimum absolute atomic E-state index is 0.329. The van der Waals surface area contributed by atoms with Gasteiger partial charge in [0.15, 0.2) is 0 Å². The molecule has 3 unspecified atom stereocenters. The summed E-state index contributed by atoms with van der Waals surface area (Å²) in [7, 11) is 0. The highest BCUT2D eigenvalue weighted by Gasteiger charge is 2.38. The molecule has 1 aliphatic heterocycles. The van der Waals surface area contributed by atoms with Crippen molar-refractivity contribution in [1.82, 2.24) is 0 Å². The van der Waals surface area contributed by atoms with E-state index in [0.717, 1.165) is 30.8 Å². The van der Waals surface area contributed by atoms with Gasteiger partial charge in [0, 0.05) is 30.4 Å². The number of fused-ring (bicyclic) bond motifs is 3. The Morgan fingerprint density at radius 2 is 1.90 bits per heavy atom. The predicted molar refractivity (Wildman–Crippen MR) is 123 cm³/mol. The first-order chi connectivity index (χ1) is 14.1. The van der Waals surface area contributed by atoms with E-state index in [1.807, 2.05) is 6.92 Å². The maximum Gasteiger partial charge on any atom is 0.120 e. The molecule has 29 heavy (non-hydrogen) atoms. The SMILES string of the molecule is C=C(C)COc1ccc2c(c1)C1C=CCC1C(c1ccc(N(CC)CC)cc1)N2. The van der Waals surface area contributed by atoms with Gasteiger partial charge in [-0.1, -0.05) is 30.9 Å². The van der Waals surface area contributed by atoms with Crippen molar-refractivity contribution < 1.29 is 4.74 Å². The number of anilines is 2. The molecule has 0 fully saturated rings. The van der Waals surface area contributed by atoms with E-state index in [-0.39, 0.29) is 0 Å². The number of hydrogen-bond acceptors (Lipinski definition) is 3. The minimum Gasteiger partial charge on any atom is -0.489 e. The summed E-state index contributed by atoms with van der Waals surface area (Å²) in [6, 6.07) is 15.9. The fraction of sp³-hybridized carbons (Fsp3) is 0.385. The van der Waals surface area contributed by atoms with Crippen LogP contribution < -0.4 is 15.0 Å². The van der Waals surface area contributed by atoms with Crippen LogP contribution in [0.3, 0.4) is 0 Å². The lowest BCUT2D eigenvalue weighted by Crippen LogP contribution is -2.29. The number of rotatable bonds is 7. The molecule has 0 spiro atoms. The second-order valence-corrected chi connectivity index (χ2v) is 8.23. The second-order valence-electron chi connectivity index (χ2n) is 8.23. The van der Waals surface area contributed by atoms with Gasteiger partial charge in [0.2, 0.25) is 0 Å². The lowest BCUT2D eigenvalue weighted by molar-refractivity contribution is 0.350. The maximum absolute atomic E-state index is 5.89. The Balaban J connectivity index is 1.60. The van der Waals surface area contributed by atoms with Gasteiger partial charge in [-0.05, 0) is 80.1 Å². The summed E-state index contributed by atoms with van der Waals surface area (Å²) in [5.41, 5.74) is 6.27. The van der Waals surface area contributed by atoms with Gasteiger partial charge in [-0.3, -0.25) is 0 Å². The molecule has 1 heterocycles. The van der Waals surface area contributed by atoms with E-state index in [4.69, 9.17) is 4.74 Å². The van der Waals surface area contributed by atoms with Gasteiger partial charge in [-0.25, -0.2) is 0 Å². The fourth-order valence-corrected chi connectivity index (χ4v) is 4.68. The van der Waals surface area contributed by atoms with Crippen molar-refractivity contribution >= 4 is 11.4 Å². The summed E-state index contributed by atoms with van der Waals surface area (Å²) in [4.78, 5) is 2.39. The monoisotopic (exact) mass is 388 g/mol. The third-order valence-corrected chi connectivity index (χ3v) is 6.20. The van der Waals surface area contributed by atoms with Crippen LogP contribution in [0.2, 0.25) is 0 Å². The van der Waals surface area contributed by atoms with Crippen LogP contribution in [0.4, 0.5) is 11.4 Å². The quantitative estimate of drug-likeness (QED) is 0.562. The summed E-state index contributed by atoms with van der Waals surface area (Å²) in [6.45, 7) is 13.0. The first-order valence-corrected chi connectivity index (χ1v) is 10.8. The van der Waals surface area contributed by atoms with Crippen molar-refractivity contribution in [2.24, 2.45) is 5.92 Å². The van der Waals surface area contributed by atoms with Crippen LogP contribution in [0.1, 0.15) is 50.3 Å². The van der Waals surface area contributed by atoms with Crippen molar-refractivity contribution in [3.63, 3.8) is 0 Å². The topological polar surface area (TPSA) is 24.5 Å². The smallest absolute Gasteiger partial charge is 0.120 e. The van der Waals surface area contributed by atoms with Crippen LogP contribution in [-0.4, -0.2) is 19.7 Å². The highest BCUT2D eigenvalue weighted by molar-refractivity contribution is 5.62. The average molecular weight is 389 g/mol. The lowest BCUT2D eigenvalue weighted by Gasteiger charge is -2.38. The van der Waals surface area contributed by atoms with E-state index in [0.29, 0.717) is 24.5 Å². The Labute approximate surface area is 175 Å². The molecule has 2 aliphatic rings. The Morgan fingerprint density at radius 1 is 1.14 bits per heavy atom. The molecule has 2 aromatic carbocycles. The van der Waals surface area contributed by atoms with Crippen molar-refractivity contribution in [3.05, 3.63) is 77.9 Å². The van der Waals surface area contributed by atoms with Crippen molar-refractivity contribution in [2.45, 2.75) is 39.2 Å². The van der Waals surface area contributed by atoms with Gasteiger partial charge < -0.3 is 15.0 Å². The van der Waals surface area contributed by atoms with Crippen LogP contribution in [0.5, 0.6) is 5.75 Å². The highest BCUT2D eigenvalue weighted by atomic mass is 16.5. The molecule has 3 atom stereocenters. The van der Waals surface area contributed by atoms with Gasteiger partial charge >= 0.3 is 0 Å². The van der Waals surface area contributed by atoms with Gasteiger partial charge in [0.05, 0.1) is 6.04 Å². The molecular formula is C26H32N2O. The van der Waals surface area contributed by atoms with Crippen LogP contribution >= 0.6 is 0 Å². The molecule has 4 rings (SSSR count). The van der Waals surface area contributed by atoms with E-state index in [1.54, 1.807) is 0 Å². The number of benzene rings is 2. The number of allylic oxidation sites excluding steroid dienone is 2. The van der Waals surface area contributed by atoms with E-state index in [1.165, 1.54) is 22.5 Å². The molecule has 1 aliphatic carbocycles. The minimum atomic E-state index is 0.329. The Kier molecular flexibility index (Phi) is 5.66. The average Bonchev–Trinajstić information content (AvgIpc) is 3.23. The standard InChI is InChI=1S/C26H32N2O/c1-5-28(6-2)20-12-10-19(11-13-20)26-23-9-7-8-22(23)24-16-21(29-17-18(3)4)14-15-25(24)27-26/h7-8,10-16,22-23,26-27H,3,5-6,9,17H2,1-2,4H3. The Hall–Kier alpha value is -2.68. The van der Waals surface area contributed by atoms with Crippen LogP contribution in [0.15, 0.2) is 66.8 Å². The summed E-state index contributed by atoms with van der Waals surface area (Å²) in [5, 5.41) is 3.83. The molecule has 2 aromatic rings. The number of nitrogens with one attached hydrogen (secondary N) is 1. The third kappa shape index (κ3) is 3.91. The normalized spacial score (nSPS) is 21.8. The van der Waals surface area contributed by atoms with E-state index >= 15 is 0 Å². The molecule has 0 radical (unpaired) electrons. The zero-order valence-corrected chi connectivity index (χ0v) is 17.8. The zero-order chi connectivity index (χ0) is 20.4. The fourth-order valence-electron chi connectivity index (χ4n) is 4.68. The molecule has 1 N–H and O–H groups in total. The van der Waals surface area contributed by atoms with Crippen LogP contribution in [-0.2, 0) is 0 Å². The number of ether oxygens (including phenoxy) is 1. The number of nitrogens with zero attached hydrogens (tertiary/aromatic N) is 1. The largest absolute Gasteiger partial charge is 0.489 e. The first-order valence-electron chi connectivity index (χ1n) is 10.8. The second kappa shape index (κ2) is 8.36. The molecule has 0 amide bonds. The molecule has 3 nitrogen and oxygen atoms in total. The zero-order valence-electron chi connectivity index (χ0n) is 17.8. The van der Waals surface area contributed by atoms with Gasteiger partial charge in [0.1, 0.15) is 12.4 Å². The summed E-state index contributed by atoms with van der Waals surface area (Å²) in [5.74, 6) is 1.90. The van der Waals surface area contributed by atoms with E-state index < -0.39 is 0 Å². The molecular weight excluding hydrogens is 356 g/mol. The van der Waals surface area contributed by atoms with Gasteiger partial charge in [-0.2, -0.15) is 0 Å². The molecule has 0 saturated heterocycles. The highest BCUT2D eigenvalue weighted by Crippen LogP contribution is 2.50. The third-order valence-electron chi connectivity index (χ3n) is 6.20. The van der Waals surface area contributed by atoms with E-state index in [9.17, 15) is 0 Å². The van der Waals surface area contributed by atoms with E-state index in [2.05, 4.69) is 85.3 Å². The Bertz CT molecular complexity index is 895. The molecule has 0 bridgehead atoms. The van der Waals surface area contributed by atoms with Crippen molar-refractivity contribution in [1.29, 1.82) is 0 Å². The lowest BCUT2D eigenvalue weighted by atomic mass is 9.77. The summed E-state index contributed by atoms with van der Waals surface area (Å²) >= 11 is 0. The molecule has 3 heteroatoms. The molecule has 0 saturated carbocycles. The maximum atomic E-state index is 5.89. The molecule has 152 valence electrons. The molecule has 0 aromatic heterocycles. The van der Waals surface area contributed by atoms with Gasteiger partial charge in [0.25, 0.3) is 0 Å². The summed E-state index contributed by atoms with van der Waals surface area (Å²) in [6.07, 6.45) is 5.82. The van der Waals surface area contributed by atoms with Crippen LogP contribution in [0, 0.1) is 5.92 Å². The summed E-state index contributed by atoms with van der Waals surface area (Å²) < 4.78 is 5.89. The van der Waals surface area contributed by atoms with Crippen molar-refractivity contribution in [2.75, 3.05) is 29.9 Å². The first kappa shape index (κ1) is 19.6. The Morgan fingerprint density at radius 3 is 2.59 bits per heavy atom. The van der Waals surface area contributed by atoms with Crippen LogP contribution in [0.25, 0.3) is 0 Å². The number of hydrogen-bond donors (Lipinski definition) is 1. The van der Waals surface area contributed by atoms with Gasteiger partial charge in [-0.15, -0.1) is 0 Å². The predicted octanol–water partition coefficient (Wildman–Crippen LogP) is 6.31. The van der Waals surface area contributed by atoms with Crippen molar-refractivity contribution in [3.8, 4) is 5.75 Å².